The summed E-state index contributed by atoms with van der Waals surface area (Å²) in [5.74, 6) is 1.77. The Hall–Kier alpha value is 0. The minimum Gasteiger partial charge on any atom is -0.0651 e. The molecule has 2 atom stereocenters. The van der Waals surface area contributed by atoms with E-state index in [0.29, 0.717) is 5.41 Å². The van der Waals surface area contributed by atoms with Gasteiger partial charge in [-0.05, 0) is 23.7 Å². The Morgan fingerprint density at radius 3 is 1.77 bits per heavy atom. The van der Waals surface area contributed by atoms with Crippen molar-refractivity contribution in [3.05, 3.63) is 0 Å². The lowest BCUT2D eigenvalue weighted by Gasteiger charge is -2.35. The molecular weight excluding hydrogens is 156 g/mol. The second-order valence-electron chi connectivity index (χ2n) is 5.01. The molecule has 0 fully saturated rings. The van der Waals surface area contributed by atoms with Crippen molar-refractivity contribution < 1.29 is 0 Å². The van der Waals surface area contributed by atoms with Crippen molar-refractivity contribution in [3.8, 4) is 0 Å². The van der Waals surface area contributed by atoms with E-state index in [1.54, 1.807) is 0 Å². The second kappa shape index (κ2) is 5.67. The summed E-state index contributed by atoms with van der Waals surface area (Å²) in [4.78, 5) is 0. The predicted molar refractivity (Wildman–Crippen MR) is 61.9 cm³/mol. The number of hydrogen-bond acceptors (Lipinski definition) is 0. The van der Waals surface area contributed by atoms with Gasteiger partial charge < -0.3 is 0 Å². The maximum Gasteiger partial charge on any atom is -0.0305 e. The average Bonchev–Trinajstić information content (AvgIpc) is 2.16. The molecule has 80 valence electrons. The molecule has 0 amide bonds. The largest absolute Gasteiger partial charge is 0.0651 e. The topological polar surface area (TPSA) is 0 Å². The normalized spacial score (nSPS) is 17.1. The molecule has 0 aromatic heterocycles. The van der Waals surface area contributed by atoms with Crippen molar-refractivity contribution in [3.63, 3.8) is 0 Å². The summed E-state index contributed by atoms with van der Waals surface area (Å²) < 4.78 is 0. The fourth-order valence-corrected chi connectivity index (χ4v) is 2.00. The van der Waals surface area contributed by atoms with Crippen LogP contribution in [0.1, 0.15) is 67.2 Å². The third-order valence-corrected chi connectivity index (χ3v) is 4.26. The summed E-state index contributed by atoms with van der Waals surface area (Å²) in [6.07, 6.45) is 5.37. The van der Waals surface area contributed by atoms with Gasteiger partial charge in [-0.1, -0.05) is 60.8 Å². The highest BCUT2D eigenvalue weighted by Gasteiger charge is 2.27. The highest BCUT2D eigenvalue weighted by molar-refractivity contribution is 4.78. The lowest BCUT2D eigenvalue weighted by atomic mass is 9.70. The van der Waals surface area contributed by atoms with Crippen LogP contribution in [-0.2, 0) is 0 Å². The van der Waals surface area contributed by atoms with E-state index in [1.807, 2.05) is 0 Å². The molecule has 0 radical (unpaired) electrons. The summed E-state index contributed by atoms with van der Waals surface area (Å²) in [7, 11) is 0. The van der Waals surface area contributed by atoms with Crippen molar-refractivity contribution in [2.75, 3.05) is 0 Å². The van der Waals surface area contributed by atoms with E-state index in [0.717, 1.165) is 11.8 Å². The van der Waals surface area contributed by atoms with Crippen LogP contribution in [0.25, 0.3) is 0 Å². The molecule has 0 bridgehead atoms. The summed E-state index contributed by atoms with van der Waals surface area (Å²) in [6.45, 7) is 14.2. The molecule has 0 saturated heterocycles. The van der Waals surface area contributed by atoms with Crippen LogP contribution >= 0.6 is 0 Å². The SMILES string of the molecule is CCC(C)CC(C)C(C)(CC)CC. The monoisotopic (exact) mass is 184 g/mol. The first-order valence-corrected chi connectivity index (χ1v) is 6.00. The molecule has 13 heavy (non-hydrogen) atoms. The van der Waals surface area contributed by atoms with Crippen molar-refractivity contribution >= 4 is 0 Å². The standard InChI is InChI=1S/C13H28/c1-7-11(4)10-12(5)13(6,8-2)9-3/h11-12H,7-10H2,1-6H3. The van der Waals surface area contributed by atoms with Gasteiger partial charge in [0.1, 0.15) is 0 Å². The van der Waals surface area contributed by atoms with Gasteiger partial charge in [0.15, 0.2) is 0 Å². The molecular formula is C13H28. The van der Waals surface area contributed by atoms with Gasteiger partial charge in [-0.2, -0.15) is 0 Å². The highest BCUT2D eigenvalue weighted by Crippen LogP contribution is 2.38. The Kier molecular flexibility index (Phi) is 5.67. The summed E-state index contributed by atoms with van der Waals surface area (Å²) in [6, 6.07) is 0. The Morgan fingerprint density at radius 2 is 1.46 bits per heavy atom. The molecule has 0 heterocycles. The third-order valence-electron chi connectivity index (χ3n) is 4.26. The first kappa shape index (κ1) is 13.0. The van der Waals surface area contributed by atoms with Gasteiger partial charge in [0.2, 0.25) is 0 Å². The molecule has 0 spiro atoms. The van der Waals surface area contributed by atoms with E-state index >= 15 is 0 Å². The molecule has 0 aromatic carbocycles. The summed E-state index contributed by atoms with van der Waals surface area (Å²) >= 11 is 0. The number of hydrogen-bond donors (Lipinski definition) is 0. The van der Waals surface area contributed by atoms with Gasteiger partial charge in [-0.15, -0.1) is 0 Å². The van der Waals surface area contributed by atoms with E-state index in [2.05, 4.69) is 41.5 Å². The number of rotatable bonds is 6. The van der Waals surface area contributed by atoms with Gasteiger partial charge in [-0.3, -0.25) is 0 Å². The van der Waals surface area contributed by atoms with Gasteiger partial charge in [-0.25, -0.2) is 0 Å². The minimum absolute atomic E-state index is 0.573. The molecule has 0 saturated carbocycles. The maximum atomic E-state index is 2.44. The molecule has 0 aromatic rings. The quantitative estimate of drug-likeness (QED) is 0.551. The molecule has 0 aliphatic heterocycles. The molecule has 0 rings (SSSR count). The molecule has 0 heteroatoms. The predicted octanol–water partition coefficient (Wildman–Crippen LogP) is 4.89. The van der Waals surface area contributed by atoms with Crippen molar-refractivity contribution in [1.82, 2.24) is 0 Å². The first-order valence-electron chi connectivity index (χ1n) is 6.00. The van der Waals surface area contributed by atoms with Crippen LogP contribution in [0.3, 0.4) is 0 Å². The highest BCUT2D eigenvalue weighted by atomic mass is 14.3. The molecule has 0 N–H and O–H groups in total. The van der Waals surface area contributed by atoms with Crippen LogP contribution in [0.5, 0.6) is 0 Å². The van der Waals surface area contributed by atoms with E-state index < -0.39 is 0 Å². The molecule has 2 unspecified atom stereocenters. The van der Waals surface area contributed by atoms with E-state index in [9.17, 15) is 0 Å². The van der Waals surface area contributed by atoms with Crippen molar-refractivity contribution in [2.24, 2.45) is 17.3 Å². The van der Waals surface area contributed by atoms with Gasteiger partial charge in [0, 0.05) is 0 Å². The van der Waals surface area contributed by atoms with E-state index in [4.69, 9.17) is 0 Å². The van der Waals surface area contributed by atoms with Crippen molar-refractivity contribution in [1.29, 1.82) is 0 Å². The van der Waals surface area contributed by atoms with Crippen molar-refractivity contribution in [2.45, 2.75) is 67.2 Å². The van der Waals surface area contributed by atoms with E-state index in [1.165, 1.54) is 25.7 Å². The van der Waals surface area contributed by atoms with Crippen LogP contribution in [0.15, 0.2) is 0 Å². The zero-order chi connectivity index (χ0) is 10.5. The zero-order valence-electron chi connectivity index (χ0n) is 10.5. The van der Waals surface area contributed by atoms with Crippen LogP contribution in [0.2, 0.25) is 0 Å². The average molecular weight is 184 g/mol. The van der Waals surface area contributed by atoms with Gasteiger partial charge in [0.05, 0.1) is 0 Å². The third kappa shape index (κ3) is 3.70. The summed E-state index contributed by atoms with van der Waals surface area (Å²) in [5.41, 5.74) is 0.573. The summed E-state index contributed by atoms with van der Waals surface area (Å²) in [5, 5.41) is 0. The Balaban J connectivity index is 4.13. The van der Waals surface area contributed by atoms with Gasteiger partial charge in [0.25, 0.3) is 0 Å². The zero-order valence-corrected chi connectivity index (χ0v) is 10.5. The van der Waals surface area contributed by atoms with E-state index in [-0.39, 0.29) is 0 Å². The minimum atomic E-state index is 0.573. The maximum absolute atomic E-state index is 2.44. The molecule has 0 aliphatic carbocycles. The van der Waals surface area contributed by atoms with Gasteiger partial charge >= 0.3 is 0 Å². The first-order chi connectivity index (χ1) is 6.00. The Labute approximate surface area is 85.1 Å². The fraction of sp³-hybridized carbons (Fsp3) is 1.00. The lowest BCUT2D eigenvalue weighted by Crippen LogP contribution is -2.25. The molecule has 0 aliphatic rings. The van der Waals surface area contributed by atoms with Crippen LogP contribution in [0.4, 0.5) is 0 Å². The Bertz CT molecular complexity index is 122. The van der Waals surface area contributed by atoms with Crippen LogP contribution in [0, 0.1) is 17.3 Å². The van der Waals surface area contributed by atoms with Crippen LogP contribution in [-0.4, -0.2) is 0 Å². The lowest BCUT2D eigenvalue weighted by molar-refractivity contribution is 0.155. The fourth-order valence-electron chi connectivity index (χ4n) is 2.00. The Morgan fingerprint density at radius 1 is 1.00 bits per heavy atom. The van der Waals surface area contributed by atoms with Crippen LogP contribution < -0.4 is 0 Å². The second-order valence-corrected chi connectivity index (χ2v) is 5.01. The molecule has 0 nitrogen and oxygen atoms in total. The smallest absolute Gasteiger partial charge is 0.0305 e.